The Bertz CT molecular complexity index is 1150. The molecule has 9 heteroatoms. The molecule has 0 aromatic heterocycles. The summed E-state index contributed by atoms with van der Waals surface area (Å²) in [7, 11) is 1.17. The van der Waals surface area contributed by atoms with Crippen LogP contribution in [0.2, 0.25) is 0 Å². The van der Waals surface area contributed by atoms with Crippen LogP contribution in [0.5, 0.6) is 0 Å². The number of hydrogen-bond acceptors (Lipinski definition) is 6. The molecule has 2 N–H and O–H groups in total. The summed E-state index contributed by atoms with van der Waals surface area (Å²) < 4.78 is 23.0. The molecule has 0 saturated heterocycles. The Hall–Kier alpha value is -2.58. The number of aliphatic hydroxyl groups excluding tert-OH is 1. The lowest BCUT2D eigenvalue weighted by Gasteiger charge is -2.29. The van der Waals surface area contributed by atoms with Crippen LogP contribution in [0.3, 0.4) is 0 Å². The van der Waals surface area contributed by atoms with Gasteiger partial charge in [0.2, 0.25) is 5.91 Å². The average Bonchev–Trinajstić information content (AvgIpc) is 3.07. The van der Waals surface area contributed by atoms with E-state index >= 15 is 0 Å². The Balaban J connectivity index is 4.72. The summed E-state index contributed by atoms with van der Waals surface area (Å²) in [5.74, 6) is -0.276. The van der Waals surface area contributed by atoms with E-state index in [0.717, 1.165) is 64.2 Å². The third-order valence-corrected chi connectivity index (χ3v) is 8.47. The molecule has 0 spiro atoms. The van der Waals surface area contributed by atoms with Gasteiger partial charge in [-0.1, -0.05) is 124 Å². The third-order valence-electron chi connectivity index (χ3n) is 7.51. The van der Waals surface area contributed by atoms with Crippen molar-refractivity contribution in [1.82, 2.24) is 5.32 Å². The zero-order chi connectivity index (χ0) is 37.9. The molecule has 3 unspecified atom stereocenters. The first-order valence-corrected chi connectivity index (χ1v) is 20.6. The molecule has 0 saturated carbocycles. The number of carbonyl (C=O) groups excluding carboxylic acids is 1. The molecule has 0 aromatic rings. The first-order valence-electron chi connectivity index (χ1n) is 19.1. The number of nitrogens with zero attached hydrogens (tertiary/aromatic N) is 1. The zero-order valence-corrected chi connectivity index (χ0v) is 33.4. The van der Waals surface area contributed by atoms with Gasteiger partial charge in [0.1, 0.15) is 13.2 Å². The van der Waals surface area contributed by atoms with Gasteiger partial charge in [0.05, 0.1) is 39.9 Å². The lowest BCUT2D eigenvalue weighted by Crippen LogP contribution is -2.45. The fraction of sp³-hybridized carbons (Fsp3) is 0.595. The highest BCUT2D eigenvalue weighted by Gasteiger charge is 2.23. The summed E-state index contributed by atoms with van der Waals surface area (Å²) in [5.41, 5.74) is 0. The number of phosphoric ester groups is 1. The van der Waals surface area contributed by atoms with Gasteiger partial charge in [-0.15, -0.1) is 0 Å². The molecule has 0 radical (unpaired) electrons. The lowest BCUT2D eigenvalue weighted by atomic mass is 10.1. The Morgan fingerprint density at radius 3 is 1.71 bits per heavy atom. The van der Waals surface area contributed by atoms with Crippen molar-refractivity contribution in [2.75, 3.05) is 40.9 Å². The summed E-state index contributed by atoms with van der Waals surface area (Å²) in [6.45, 7) is 4.35. The van der Waals surface area contributed by atoms with Gasteiger partial charge in [0.15, 0.2) is 0 Å². The van der Waals surface area contributed by atoms with Crippen molar-refractivity contribution in [3.8, 4) is 0 Å². The molecule has 290 valence electrons. The van der Waals surface area contributed by atoms with Crippen molar-refractivity contribution >= 4 is 13.7 Å². The lowest BCUT2D eigenvalue weighted by molar-refractivity contribution is -0.870. The molecule has 0 fully saturated rings. The van der Waals surface area contributed by atoms with E-state index in [4.69, 9.17) is 9.05 Å². The summed E-state index contributed by atoms with van der Waals surface area (Å²) in [6.07, 6.45) is 46.1. The molecule has 0 aliphatic carbocycles. The van der Waals surface area contributed by atoms with Crippen LogP contribution < -0.4 is 10.2 Å². The summed E-state index contributed by atoms with van der Waals surface area (Å²) >= 11 is 0. The van der Waals surface area contributed by atoms with E-state index in [1.165, 1.54) is 12.8 Å². The topological polar surface area (TPSA) is 108 Å². The number of likely N-dealkylation sites (N-methyl/N-ethyl adjacent to an activating group) is 1. The molecule has 8 nitrogen and oxygen atoms in total. The van der Waals surface area contributed by atoms with E-state index in [9.17, 15) is 19.4 Å². The number of phosphoric acid groups is 1. The van der Waals surface area contributed by atoms with Gasteiger partial charge in [0.25, 0.3) is 7.82 Å². The Labute approximate surface area is 311 Å². The fourth-order valence-electron chi connectivity index (χ4n) is 4.44. The quantitative estimate of drug-likeness (QED) is 0.0309. The molecule has 0 aliphatic rings. The average molecular weight is 731 g/mol. The van der Waals surface area contributed by atoms with Crippen LogP contribution in [0.25, 0.3) is 0 Å². The smallest absolute Gasteiger partial charge is 0.268 e. The molecule has 0 bridgehead atoms. The van der Waals surface area contributed by atoms with Gasteiger partial charge < -0.3 is 28.8 Å². The van der Waals surface area contributed by atoms with Gasteiger partial charge in [-0.3, -0.25) is 9.36 Å². The van der Waals surface area contributed by atoms with E-state index in [2.05, 4.69) is 104 Å². The van der Waals surface area contributed by atoms with Gasteiger partial charge >= 0.3 is 0 Å². The first kappa shape index (κ1) is 48.4. The van der Waals surface area contributed by atoms with Crippen LogP contribution in [0.1, 0.15) is 110 Å². The van der Waals surface area contributed by atoms with E-state index in [1.807, 2.05) is 27.2 Å². The highest BCUT2D eigenvalue weighted by molar-refractivity contribution is 7.45. The van der Waals surface area contributed by atoms with Crippen LogP contribution in [0.4, 0.5) is 0 Å². The SMILES string of the molecule is CC/C=C\C/C=C\C/C=C\C/C=C\C/C=C\CCCC(=O)NC(COP(=O)([O-])OCC[N+](C)(C)C)C(O)/C=C/CC/C=C/CC/C=C/CCCC. The predicted molar refractivity (Wildman–Crippen MR) is 214 cm³/mol. The van der Waals surface area contributed by atoms with Crippen LogP contribution in [0.15, 0.2) is 97.2 Å². The minimum absolute atomic E-state index is 0.0256. The number of rotatable bonds is 32. The normalized spacial score (nSPS) is 15.7. The second kappa shape index (κ2) is 33.3. The Kier molecular flexibility index (Phi) is 31.6. The van der Waals surface area contributed by atoms with Crippen molar-refractivity contribution in [2.45, 2.75) is 122 Å². The van der Waals surface area contributed by atoms with Crippen LogP contribution in [-0.4, -0.2) is 68.5 Å². The summed E-state index contributed by atoms with van der Waals surface area (Å²) in [5, 5.41) is 13.6. The van der Waals surface area contributed by atoms with Gasteiger partial charge in [0, 0.05) is 6.42 Å². The minimum Gasteiger partial charge on any atom is -0.756 e. The molecule has 0 aliphatic heterocycles. The maximum Gasteiger partial charge on any atom is 0.268 e. The fourth-order valence-corrected chi connectivity index (χ4v) is 5.16. The van der Waals surface area contributed by atoms with Crippen LogP contribution in [-0.2, 0) is 18.4 Å². The Morgan fingerprint density at radius 1 is 0.706 bits per heavy atom. The van der Waals surface area contributed by atoms with Crippen molar-refractivity contribution in [3.05, 3.63) is 97.2 Å². The van der Waals surface area contributed by atoms with Crippen molar-refractivity contribution in [1.29, 1.82) is 0 Å². The molecule has 0 heterocycles. The summed E-state index contributed by atoms with van der Waals surface area (Å²) in [4.78, 5) is 25.1. The maximum atomic E-state index is 12.8. The second-order valence-electron chi connectivity index (χ2n) is 13.5. The molecule has 0 rings (SSSR count). The largest absolute Gasteiger partial charge is 0.756 e. The zero-order valence-electron chi connectivity index (χ0n) is 32.5. The molecule has 0 aromatic carbocycles. The Morgan fingerprint density at radius 2 is 1.18 bits per heavy atom. The van der Waals surface area contributed by atoms with Gasteiger partial charge in [-0.2, -0.15) is 0 Å². The van der Waals surface area contributed by atoms with Crippen LogP contribution in [0, 0.1) is 0 Å². The van der Waals surface area contributed by atoms with E-state index < -0.39 is 26.6 Å². The van der Waals surface area contributed by atoms with Crippen molar-refractivity contribution < 1.29 is 32.9 Å². The van der Waals surface area contributed by atoms with Gasteiger partial charge in [-0.05, 0) is 77.0 Å². The number of nitrogens with one attached hydrogen (secondary N) is 1. The van der Waals surface area contributed by atoms with Gasteiger partial charge in [-0.25, -0.2) is 0 Å². The maximum absolute atomic E-state index is 12.8. The van der Waals surface area contributed by atoms with Crippen molar-refractivity contribution in [2.24, 2.45) is 0 Å². The number of allylic oxidation sites excluding steroid dienone is 15. The number of unbranched alkanes of at least 4 members (excludes halogenated alkanes) is 5. The standard InChI is InChI=1S/C42H71N2O6P/c1-6-8-10-12-14-16-18-20-21-22-23-24-26-28-30-32-34-36-42(46)43-40(39-50-51(47,48)49-38-37-44(3,4)5)41(45)35-33-31-29-27-25-19-17-15-13-11-9-7-2/h8,10,13-16,20-21,23-25,27-28,30,33,35,40-41,45H,6-7,9,11-12,17-19,22,26,29,31-32,34,36-39H2,1-5H3,(H-,43,46,47,48)/b10-8-,15-13+,16-14-,21-20-,24-23-,27-25+,30-28-,35-33+. The first-order chi connectivity index (χ1) is 24.5. The highest BCUT2D eigenvalue weighted by atomic mass is 31.2. The summed E-state index contributed by atoms with van der Waals surface area (Å²) in [6, 6.07) is -0.943. The molecular weight excluding hydrogens is 659 g/mol. The third kappa shape index (κ3) is 35.6. The number of aliphatic hydroxyl groups is 1. The number of hydrogen-bond donors (Lipinski definition) is 2. The van der Waals surface area contributed by atoms with Crippen molar-refractivity contribution in [3.63, 3.8) is 0 Å². The molecule has 1 amide bonds. The minimum atomic E-state index is -4.61. The van der Waals surface area contributed by atoms with E-state index in [-0.39, 0.29) is 18.9 Å². The van der Waals surface area contributed by atoms with E-state index in [0.29, 0.717) is 23.9 Å². The highest BCUT2D eigenvalue weighted by Crippen LogP contribution is 2.38. The molecule has 3 atom stereocenters. The number of carbonyl (C=O) groups is 1. The molecule has 51 heavy (non-hydrogen) atoms. The molecular formula is C42H71N2O6P. The number of amides is 1. The second-order valence-corrected chi connectivity index (χ2v) is 14.9. The predicted octanol–water partition coefficient (Wildman–Crippen LogP) is 9.38. The number of quaternary nitrogens is 1. The van der Waals surface area contributed by atoms with Crippen LogP contribution >= 0.6 is 7.82 Å². The monoisotopic (exact) mass is 731 g/mol. The van der Waals surface area contributed by atoms with E-state index in [1.54, 1.807) is 6.08 Å².